The van der Waals surface area contributed by atoms with Crippen molar-refractivity contribution in [1.82, 2.24) is 4.98 Å². The highest BCUT2D eigenvalue weighted by atomic mass is 32.1. The summed E-state index contributed by atoms with van der Waals surface area (Å²) < 4.78 is 0. The summed E-state index contributed by atoms with van der Waals surface area (Å²) in [4.78, 5) is 6.97. The second kappa shape index (κ2) is 6.14. The molecule has 1 aliphatic rings. The average Bonchev–Trinajstić information content (AvgIpc) is 2.40. The summed E-state index contributed by atoms with van der Waals surface area (Å²) in [6, 6.07) is 4.05. The SMILES string of the molecule is CCCC1CCN(c2ccnc(C(N)=S)c2)CC1. The molecule has 0 saturated carbocycles. The first-order chi connectivity index (χ1) is 8.70. The molecule has 0 bridgehead atoms. The van der Waals surface area contributed by atoms with Crippen molar-refractivity contribution in [3.05, 3.63) is 24.0 Å². The molecule has 1 aromatic heterocycles. The fourth-order valence-electron chi connectivity index (χ4n) is 2.64. The summed E-state index contributed by atoms with van der Waals surface area (Å²) in [5.74, 6) is 0.906. The van der Waals surface area contributed by atoms with Gasteiger partial charge in [0.1, 0.15) is 4.99 Å². The average molecular weight is 263 g/mol. The first kappa shape index (κ1) is 13.3. The Bertz CT molecular complexity index is 411. The molecule has 1 fully saturated rings. The zero-order chi connectivity index (χ0) is 13.0. The van der Waals surface area contributed by atoms with Crippen LogP contribution in [0.3, 0.4) is 0 Å². The Balaban J connectivity index is 2.01. The minimum absolute atomic E-state index is 0.373. The van der Waals surface area contributed by atoms with Gasteiger partial charge in [-0.3, -0.25) is 4.98 Å². The maximum Gasteiger partial charge on any atom is 0.122 e. The van der Waals surface area contributed by atoms with Crippen molar-refractivity contribution in [3.63, 3.8) is 0 Å². The Morgan fingerprint density at radius 1 is 1.50 bits per heavy atom. The van der Waals surface area contributed by atoms with Crippen molar-refractivity contribution >= 4 is 22.9 Å². The third-order valence-electron chi connectivity index (χ3n) is 3.67. The maximum absolute atomic E-state index is 5.62. The zero-order valence-electron chi connectivity index (χ0n) is 10.9. The molecule has 0 aromatic carbocycles. The monoisotopic (exact) mass is 263 g/mol. The molecule has 1 aromatic rings. The smallest absolute Gasteiger partial charge is 0.122 e. The summed E-state index contributed by atoms with van der Waals surface area (Å²) in [5, 5.41) is 0. The van der Waals surface area contributed by atoms with Gasteiger partial charge in [0, 0.05) is 25.0 Å². The molecule has 98 valence electrons. The van der Waals surface area contributed by atoms with E-state index in [-0.39, 0.29) is 0 Å². The molecule has 2 rings (SSSR count). The topological polar surface area (TPSA) is 42.2 Å². The van der Waals surface area contributed by atoms with Crippen LogP contribution in [0.25, 0.3) is 0 Å². The zero-order valence-corrected chi connectivity index (χ0v) is 11.7. The Morgan fingerprint density at radius 3 is 2.83 bits per heavy atom. The maximum atomic E-state index is 5.62. The third-order valence-corrected chi connectivity index (χ3v) is 3.88. The highest BCUT2D eigenvalue weighted by molar-refractivity contribution is 7.80. The van der Waals surface area contributed by atoms with Gasteiger partial charge >= 0.3 is 0 Å². The molecule has 18 heavy (non-hydrogen) atoms. The quantitative estimate of drug-likeness (QED) is 0.848. The standard InChI is InChI=1S/C14H21N3S/c1-2-3-11-5-8-17(9-6-11)12-4-7-16-13(10-12)14(15)18/h4,7,10-11H,2-3,5-6,8-9H2,1H3,(H2,15,18). The molecule has 0 atom stereocenters. The molecular weight excluding hydrogens is 242 g/mol. The van der Waals surface area contributed by atoms with E-state index in [1.54, 1.807) is 6.20 Å². The van der Waals surface area contributed by atoms with E-state index in [0.29, 0.717) is 4.99 Å². The van der Waals surface area contributed by atoms with Gasteiger partial charge in [0.25, 0.3) is 0 Å². The highest BCUT2D eigenvalue weighted by Gasteiger charge is 2.19. The van der Waals surface area contributed by atoms with E-state index in [1.807, 2.05) is 12.1 Å². The van der Waals surface area contributed by atoms with Crippen LogP contribution in [0.15, 0.2) is 18.3 Å². The summed E-state index contributed by atoms with van der Waals surface area (Å²) in [6.45, 7) is 4.53. The number of thiocarbonyl (C=S) groups is 1. The molecule has 0 radical (unpaired) electrons. The number of anilines is 1. The van der Waals surface area contributed by atoms with Gasteiger partial charge in [-0.1, -0.05) is 32.0 Å². The molecule has 2 heterocycles. The lowest BCUT2D eigenvalue weighted by molar-refractivity contribution is 0.378. The lowest BCUT2D eigenvalue weighted by Crippen LogP contribution is -2.33. The van der Waals surface area contributed by atoms with Crippen LogP contribution in [0.4, 0.5) is 5.69 Å². The van der Waals surface area contributed by atoms with Crippen molar-refractivity contribution in [2.24, 2.45) is 11.7 Å². The van der Waals surface area contributed by atoms with Gasteiger partial charge in [0.2, 0.25) is 0 Å². The molecule has 0 aliphatic carbocycles. The minimum Gasteiger partial charge on any atom is -0.388 e. The summed E-state index contributed by atoms with van der Waals surface area (Å²) in [7, 11) is 0. The number of nitrogens with zero attached hydrogens (tertiary/aromatic N) is 2. The second-order valence-corrected chi connectivity index (χ2v) is 5.42. The van der Waals surface area contributed by atoms with Gasteiger partial charge in [0.15, 0.2) is 0 Å². The predicted octanol–water partition coefficient (Wildman–Crippen LogP) is 2.73. The first-order valence-electron chi connectivity index (χ1n) is 6.71. The van der Waals surface area contributed by atoms with Gasteiger partial charge in [-0.15, -0.1) is 0 Å². The van der Waals surface area contributed by atoms with Crippen LogP contribution in [0.5, 0.6) is 0 Å². The predicted molar refractivity (Wildman–Crippen MR) is 80.0 cm³/mol. The van der Waals surface area contributed by atoms with Crippen LogP contribution < -0.4 is 10.6 Å². The van der Waals surface area contributed by atoms with E-state index >= 15 is 0 Å². The third kappa shape index (κ3) is 3.19. The fourth-order valence-corrected chi connectivity index (χ4v) is 2.75. The lowest BCUT2D eigenvalue weighted by atomic mass is 9.92. The summed E-state index contributed by atoms with van der Waals surface area (Å²) in [6.07, 6.45) is 7.03. The number of rotatable bonds is 4. The highest BCUT2D eigenvalue weighted by Crippen LogP contribution is 2.25. The van der Waals surface area contributed by atoms with Gasteiger partial charge in [-0.05, 0) is 30.9 Å². The van der Waals surface area contributed by atoms with E-state index in [2.05, 4.69) is 16.8 Å². The van der Waals surface area contributed by atoms with E-state index in [0.717, 1.165) is 24.7 Å². The summed E-state index contributed by atoms with van der Waals surface area (Å²) >= 11 is 4.97. The Labute approximate surface area is 114 Å². The number of hydrogen-bond acceptors (Lipinski definition) is 3. The van der Waals surface area contributed by atoms with Crippen molar-refractivity contribution in [2.45, 2.75) is 32.6 Å². The molecule has 1 saturated heterocycles. The first-order valence-corrected chi connectivity index (χ1v) is 7.12. The van der Waals surface area contributed by atoms with Gasteiger partial charge < -0.3 is 10.6 Å². The number of pyridine rings is 1. The fraction of sp³-hybridized carbons (Fsp3) is 0.571. The van der Waals surface area contributed by atoms with Crippen LogP contribution in [0.1, 0.15) is 38.3 Å². The van der Waals surface area contributed by atoms with E-state index in [9.17, 15) is 0 Å². The molecule has 0 unspecified atom stereocenters. The molecule has 2 N–H and O–H groups in total. The number of piperidine rings is 1. The largest absolute Gasteiger partial charge is 0.388 e. The molecule has 0 amide bonds. The molecule has 4 heteroatoms. The molecule has 0 spiro atoms. The van der Waals surface area contributed by atoms with E-state index in [4.69, 9.17) is 18.0 Å². The second-order valence-electron chi connectivity index (χ2n) is 4.98. The lowest BCUT2D eigenvalue weighted by Gasteiger charge is -2.33. The normalized spacial score (nSPS) is 16.8. The van der Waals surface area contributed by atoms with Gasteiger partial charge in [-0.25, -0.2) is 0 Å². The Hall–Kier alpha value is -1.16. The molecular formula is C14H21N3S. The number of aromatic nitrogens is 1. The van der Waals surface area contributed by atoms with Crippen molar-refractivity contribution in [1.29, 1.82) is 0 Å². The van der Waals surface area contributed by atoms with Crippen molar-refractivity contribution in [3.8, 4) is 0 Å². The number of nitrogens with two attached hydrogens (primary N) is 1. The van der Waals surface area contributed by atoms with Gasteiger partial charge in [0.05, 0.1) is 5.69 Å². The van der Waals surface area contributed by atoms with Crippen LogP contribution in [0, 0.1) is 5.92 Å². The van der Waals surface area contributed by atoms with Crippen LogP contribution in [-0.4, -0.2) is 23.1 Å². The molecule has 1 aliphatic heterocycles. The van der Waals surface area contributed by atoms with Crippen molar-refractivity contribution in [2.75, 3.05) is 18.0 Å². The Kier molecular flexibility index (Phi) is 4.53. The van der Waals surface area contributed by atoms with Crippen LogP contribution in [0.2, 0.25) is 0 Å². The molecule has 3 nitrogen and oxygen atoms in total. The number of hydrogen-bond donors (Lipinski definition) is 1. The van der Waals surface area contributed by atoms with Gasteiger partial charge in [-0.2, -0.15) is 0 Å². The van der Waals surface area contributed by atoms with Crippen LogP contribution >= 0.6 is 12.2 Å². The Morgan fingerprint density at radius 2 is 2.22 bits per heavy atom. The minimum atomic E-state index is 0.373. The van der Waals surface area contributed by atoms with E-state index in [1.165, 1.54) is 31.4 Å². The van der Waals surface area contributed by atoms with E-state index < -0.39 is 0 Å². The summed E-state index contributed by atoms with van der Waals surface area (Å²) in [5.41, 5.74) is 7.54. The van der Waals surface area contributed by atoms with Crippen LogP contribution in [-0.2, 0) is 0 Å². The van der Waals surface area contributed by atoms with Crippen molar-refractivity contribution < 1.29 is 0 Å².